The predicted molar refractivity (Wildman–Crippen MR) is 159 cm³/mol. The van der Waals surface area contributed by atoms with Gasteiger partial charge in [-0.25, -0.2) is 4.79 Å². The Kier molecular flexibility index (Phi) is 10.2. The van der Waals surface area contributed by atoms with Crippen molar-refractivity contribution in [2.45, 2.75) is 41.9 Å². The van der Waals surface area contributed by atoms with Crippen LogP contribution >= 0.6 is 11.8 Å². The molecule has 5 nitrogen and oxygen atoms in total. The summed E-state index contributed by atoms with van der Waals surface area (Å²) in [6.07, 6.45) is 2.07. The average molecular weight is 539 g/mol. The highest BCUT2D eigenvalue weighted by Gasteiger charge is 2.18. The summed E-state index contributed by atoms with van der Waals surface area (Å²) in [6.45, 7) is 2.99. The highest BCUT2D eigenvalue weighted by molar-refractivity contribution is 7.99. The van der Waals surface area contributed by atoms with Crippen LogP contribution in [0.15, 0.2) is 119 Å². The zero-order valence-corrected chi connectivity index (χ0v) is 22.9. The molecule has 200 valence electrons. The summed E-state index contributed by atoms with van der Waals surface area (Å²) in [5, 5.41) is 12.5. The zero-order valence-electron chi connectivity index (χ0n) is 22.1. The van der Waals surface area contributed by atoms with Crippen LogP contribution in [0.3, 0.4) is 0 Å². The van der Waals surface area contributed by atoms with Crippen LogP contribution in [-0.4, -0.2) is 30.2 Å². The van der Waals surface area contributed by atoms with E-state index < -0.39 is 11.9 Å². The van der Waals surface area contributed by atoms with Gasteiger partial charge < -0.3 is 10.4 Å². The molecule has 0 fully saturated rings. The lowest BCUT2D eigenvalue weighted by Gasteiger charge is -2.24. The maximum atomic E-state index is 13.4. The maximum Gasteiger partial charge on any atom is 0.321 e. The van der Waals surface area contributed by atoms with Gasteiger partial charge in [-0.3, -0.25) is 9.69 Å². The number of rotatable bonds is 12. The molecular weight excluding hydrogens is 504 g/mol. The third kappa shape index (κ3) is 8.23. The molecule has 0 aliphatic heterocycles. The number of anilines is 1. The highest BCUT2D eigenvalue weighted by atomic mass is 32.2. The van der Waals surface area contributed by atoms with E-state index in [0.29, 0.717) is 19.5 Å². The summed E-state index contributed by atoms with van der Waals surface area (Å²) < 4.78 is 0. The Morgan fingerprint density at radius 2 is 1.44 bits per heavy atom. The first kappa shape index (κ1) is 28.0. The van der Waals surface area contributed by atoms with Gasteiger partial charge in [-0.05, 0) is 66.3 Å². The molecule has 0 aromatic heterocycles. The number of carboxylic acid groups (broad SMARTS) is 1. The van der Waals surface area contributed by atoms with Gasteiger partial charge in [0.15, 0.2) is 0 Å². The van der Waals surface area contributed by atoms with Crippen LogP contribution < -0.4 is 10.2 Å². The van der Waals surface area contributed by atoms with E-state index in [1.165, 1.54) is 11.1 Å². The van der Waals surface area contributed by atoms with E-state index in [1.807, 2.05) is 96.8 Å². The van der Waals surface area contributed by atoms with Gasteiger partial charge in [0.1, 0.15) is 0 Å². The van der Waals surface area contributed by atoms with Crippen molar-refractivity contribution in [2.75, 3.05) is 18.0 Å². The Balaban J connectivity index is 1.47. The van der Waals surface area contributed by atoms with Crippen LogP contribution in [-0.2, 0) is 17.6 Å². The Labute approximate surface area is 234 Å². The van der Waals surface area contributed by atoms with E-state index in [9.17, 15) is 14.7 Å². The van der Waals surface area contributed by atoms with Gasteiger partial charge in [-0.2, -0.15) is 0 Å². The first-order chi connectivity index (χ1) is 19.0. The first-order valence-electron chi connectivity index (χ1n) is 13.3. The minimum absolute atomic E-state index is 0.118. The van der Waals surface area contributed by atoms with Crippen LogP contribution in [0.5, 0.6) is 0 Å². The lowest BCUT2D eigenvalue weighted by molar-refractivity contribution is -0.138. The van der Waals surface area contributed by atoms with Gasteiger partial charge in [0.2, 0.25) is 0 Å². The van der Waals surface area contributed by atoms with Crippen molar-refractivity contribution in [3.8, 4) is 0 Å². The predicted octanol–water partition coefficient (Wildman–Crippen LogP) is 7.42. The number of nitrogens with zero attached hydrogens (tertiary/aromatic N) is 1. The number of nitrogens with one attached hydrogen (secondary N) is 1. The van der Waals surface area contributed by atoms with Crippen LogP contribution in [0.25, 0.3) is 0 Å². The van der Waals surface area contributed by atoms with Crippen LogP contribution in [0.1, 0.15) is 36.0 Å². The number of hydrogen-bond donors (Lipinski definition) is 2. The summed E-state index contributed by atoms with van der Waals surface area (Å²) in [5.41, 5.74) is 4.01. The molecule has 4 aromatic rings. The summed E-state index contributed by atoms with van der Waals surface area (Å²) in [7, 11) is 0. The van der Waals surface area contributed by atoms with Crippen molar-refractivity contribution in [2.24, 2.45) is 0 Å². The van der Waals surface area contributed by atoms with E-state index in [4.69, 9.17) is 0 Å². The lowest BCUT2D eigenvalue weighted by Crippen LogP contribution is -2.42. The molecule has 2 amide bonds. The Bertz CT molecular complexity index is 1340. The van der Waals surface area contributed by atoms with Crippen molar-refractivity contribution < 1.29 is 14.7 Å². The fourth-order valence-corrected chi connectivity index (χ4v) is 5.33. The Morgan fingerprint density at radius 3 is 2.05 bits per heavy atom. The second-order valence-electron chi connectivity index (χ2n) is 9.32. The fourth-order valence-electron chi connectivity index (χ4n) is 4.46. The molecule has 0 heterocycles. The second kappa shape index (κ2) is 14.2. The van der Waals surface area contributed by atoms with Crippen molar-refractivity contribution in [3.05, 3.63) is 126 Å². The summed E-state index contributed by atoms with van der Waals surface area (Å²) in [6, 6.07) is 35.9. The van der Waals surface area contributed by atoms with Crippen molar-refractivity contribution in [3.63, 3.8) is 0 Å². The molecule has 0 aliphatic carbocycles. The van der Waals surface area contributed by atoms with Gasteiger partial charge >= 0.3 is 12.0 Å². The zero-order chi connectivity index (χ0) is 27.5. The minimum atomic E-state index is -0.803. The van der Waals surface area contributed by atoms with Gasteiger partial charge in [0, 0.05) is 28.6 Å². The summed E-state index contributed by atoms with van der Waals surface area (Å²) in [4.78, 5) is 28.7. The quantitative estimate of drug-likeness (QED) is 0.197. The lowest BCUT2D eigenvalue weighted by atomic mass is 9.97. The molecule has 6 heteroatoms. The SMILES string of the molecule is CCC(C(=O)O)c1ccc(Sc2cccc(N(CCc3ccccc3)C(=O)NCCc3ccccc3)c2)cc1. The van der Waals surface area contributed by atoms with Gasteiger partial charge in [-0.1, -0.05) is 97.5 Å². The van der Waals surface area contributed by atoms with Crippen molar-refractivity contribution in [1.29, 1.82) is 0 Å². The summed E-state index contributed by atoms with van der Waals surface area (Å²) >= 11 is 1.59. The topological polar surface area (TPSA) is 69.6 Å². The largest absolute Gasteiger partial charge is 0.481 e. The monoisotopic (exact) mass is 538 g/mol. The smallest absolute Gasteiger partial charge is 0.321 e. The second-order valence-corrected chi connectivity index (χ2v) is 10.5. The molecule has 0 saturated heterocycles. The molecule has 1 atom stereocenters. The van der Waals surface area contributed by atoms with E-state index in [0.717, 1.165) is 33.9 Å². The number of benzene rings is 4. The van der Waals surface area contributed by atoms with E-state index in [2.05, 4.69) is 29.6 Å². The molecule has 39 heavy (non-hydrogen) atoms. The Hall–Kier alpha value is -4.03. The van der Waals surface area contributed by atoms with E-state index in [1.54, 1.807) is 11.8 Å². The molecule has 0 bridgehead atoms. The molecular formula is C33H34N2O3S. The van der Waals surface area contributed by atoms with E-state index in [-0.39, 0.29) is 6.03 Å². The fraction of sp³-hybridized carbons (Fsp3) is 0.212. The Morgan fingerprint density at radius 1 is 0.795 bits per heavy atom. The maximum absolute atomic E-state index is 13.4. The van der Waals surface area contributed by atoms with Crippen LogP contribution in [0, 0.1) is 0 Å². The number of hydrogen-bond acceptors (Lipinski definition) is 3. The number of urea groups is 1. The number of amides is 2. The average Bonchev–Trinajstić information content (AvgIpc) is 2.96. The number of carboxylic acids is 1. The number of carbonyl (C=O) groups is 2. The third-order valence-electron chi connectivity index (χ3n) is 6.60. The molecule has 1 unspecified atom stereocenters. The first-order valence-corrected chi connectivity index (χ1v) is 14.1. The van der Waals surface area contributed by atoms with Crippen molar-refractivity contribution in [1.82, 2.24) is 5.32 Å². The standard InChI is InChI=1S/C33H34N2O3S/c1-2-31(32(36)37)27-16-18-29(19-17-27)39-30-15-9-14-28(24-30)35(23-21-26-12-7-4-8-13-26)33(38)34-22-20-25-10-5-3-6-11-25/h3-19,24,31H,2,20-23H2,1H3,(H,34,38)(H,36,37). The molecule has 4 aromatic carbocycles. The number of aliphatic carboxylic acids is 1. The molecule has 4 rings (SSSR count). The molecule has 0 aliphatic rings. The van der Waals surface area contributed by atoms with E-state index >= 15 is 0 Å². The van der Waals surface area contributed by atoms with Gasteiger partial charge in [-0.15, -0.1) is 0 Å². The normalized spacial score (nSPS) is 11.5. The number of carbonyl (C=O) groups excluding carboxylic acids is 1. The van der Waals surface area contributed by atoms with Gasteiger partial charge in [0.05, 0.1) is 5.92 Å². The molecule has 0 spiro atoms. The van der Waals surface area contributed by atoms with Crippen LogP contribution in [0.4, 0.5) is 10.5 Å². The third-order valence-corrected chi connectivity index (χ3v) is 7.60. The molecule has 0 saturated carbocycles. The molecule has 2 N–H and O–H groups in total. The van der Waals surface area contributed by atoms with Crippen LogP contribution in [0.2, 0.25) is 0 Å². The minimum Gasteiger partial charge on any atom is -0.481 e. The summed E-state index contributed by atoms with van der Waals surface area (Å²) in [5.74, 6) is -1.30. The van der Waals surface area contributed by atoms with Gasteiger partial charge in [0.25, 0.3) is 0 Å². The van der Waals surface area contributed by atoms with Crippen molar-refractivity contribution >= 4 is 29.4 Å². The highest BCUT2D eigenvalue weighted by Crippen LogP contribution is 2.32. The molecule has 0 radical (unpaired) electrons.